The van der Waals surface area contributed by atoms with Gasteiger partial charge in [0.2, 0.25) is 0 Å². The number of rotatable bonds is 2. The minimum absolute atomic E-state index is 0. The van der Waals surface area contributed by atoms with Crippen LogP contribution < -0.4 is 5.32 Å². The van der Waals surface area contributed by atoms with E-state index in [0.717, 1.165) is 19.0 Å². The molecule has 0 aromatic heterocycles. The summed E-state index contributed by atoms with van der Waals surface area (Å²) in [5.41, 5.74) is 0. The molecule has 2 heterocycles. The molecule has 0 radical (unpaired) electrons. The topological polar surface area (TPSA) is 24.5 Å². The SMILES string of the molecule is C[C@@H]1CN(CC2CCCNC2)C[C@H](C)O1.Cl. The van der Waals surface area contributed by atoms with Gasteiger partial charge in [0.1, 0.15) is 0 Å². The van der Waals surface area contributed by atoms with E-state index in [1.165, 1.54) is 32.5 Å². The summed E-state index contributed by atoms with van der Waals surface area (Å²) in [6.07, 6.45) is 3.56. The summed E-state index contributed by atoms with van der Waals surface area (Å²) in [5.74, 6) is 0.858. The normalized spacial score (nSPS) is 36.8. The maximum Gasteiger partial charge on any atom is 0.0678 e. The van der Waals surface area contributed by atoms with Crippen molar-refractivity contribution in [2.45, 2.75) is 38.9 Å². The number of halogens is 1. The van der Waals surface area contributed by atoms with Crippen LogP contribution in [0.3, 0.4) is 0 Å². The lowest BCUT2D eigenvalue weighted by atomic mass is 9.98. The first-order valence-electron chi connectivity index (χ1n) is 6.32. The van der Waals surface area contributed by atoms with E-state index in [4.69, 9.17) is 4.74 Å². The van der Waals surface area contributed by atoms with Crippen LogP contribution in [-0.2, 0) is 4.74 Å². The molecule has 1 unspecified atom stereocenters. The summed E-state index contributed by atoms with van der Waals surface area (Å²) >= 11 is 0. The third-order valence-electron chi connectivity index (χ3n) is 3.41. The predicted molar refractivity (Wildman–Crippen MR) is 69.3 cm³/mol. The summed E-state index contributed by atoms with van der Waals surface area (Å²) in [4.78, 5) is 2.58. The van der Waals surface area contributed by atoms with E-state index in [2.05, 4.69) is 24.1 Å². The Hall–Kier alpha value is 0.170. The van der Waals surface area contributed by atoms with Crippen LogP contribution >= 0.6 is 12.4 Å². The molecule has 2 rings (SSSR count). The van der Waals surface area contributed by atoms with Gasteiger partial charge in [0.05, 0.1) is 12.2 Å². The second-order valence-corrected chi connectivity index (χ2v) is 5.19. The first-order chi connectivity index (χ1) is 7.24. The lowest BCUT2D eigenvalue weighted by molar-refractivity contribution is -0.0720. The van der Waals surface area contributed by atoms with E-state index in [-0.39, 0.29) is 12.4 Å². The predicted octanol–water partition coefficient (Wildman–Crippen LogP) is 1.52. The molecule has 0 aliphatic carbocycles. The van der Waals surface area contributed by atoms with Crippen molar-refractivity contribution >= 4 is 12.4 Å². The molecule has 0 spiro atoms. The highest BCUT2D eigenvalue weighted by Gasteiger charge is 2.24. The molecule has 3 atom stereocenters. The van der Waals surface area contributed by atoms with Gasteiger partial charge in [-0.3, -0.25) is 4.90 Å². The molecular formula is C12H25ClN2O. The number of nitrogens with one attached hydrogen (secondary N) is 1. The van der Waals surface area contributed by atoms with Gasteiger partial charge in [-0.1, -0.05) is 0 Å². The minimum Gasteiger partial charge on any atom is -0.373 e. The number of hydrogen-bond donors (Lipinski definition) is 1. The maximum absolute atomic E-state index is 5.75. The van der Waals surface area contributed by atoms with Crippen molar-refractivity contribution in [3.05, 3.63) is 0 Å². The first kappa shape index (κ1) is 14.2. The zero-order valence-electron chi connectivity index (χ0n) is 10.4. The Balaban J connectivity index is 0.00000128. The molecule has 0 amide bonds. The Morgan fingerprint density at radius 3 is 2.50 bits per heavy atom. The van der Waals surface area contributed by atoms with Gasteiger partial charge in [-0.05, 0) is 45.7 Å². The third-order valence-corrected chi connectivity index (χ3v) is 3.41. The van der Waals surface area contributed by atoms with E-state index >= 15 is 0 Å². The lowest BCUT2D eigenvalue weighted by Crippen LogP contribution is -2.48. The van der Waals surface area contributed by atoms with Gasteiger partial charge >= 0.3 is 0 Å². The zero-order valence-corrected chi connectivity index (χ0v) is 11.3. The smallest absolute Gasteiger partial charge is 0.0678 e. The molecule has 2 aliphatic rings. The highest BCUT2D eigenvalue weighted by Crippen LogP contribution is 2.16. The largest absolute Gasteiger partial charge is 0.373 e. The van der Waals surface area contributed by atoms with Crippen LogP contribution in [-0.4, -0.2) is 49.8 Å². The number of ether oxygens (including phenoxy) is 1. The van der Waals surface area contributed by atoms with Crippen LogP contribution in [0, 0.1) is 5.92 Å². The van der Waals surface area contributed by atoms with Crippen LogP contribution in [0.1, 0.15) is 26.7 Å². The third kappa shape index (κ3) is 4.21. The van der Waals surface area contributed by atoms with Crippen molar-refractivity contribution in [1.29, 1.82) is 0 Å². The molecule has 0 aromatic rings. The number of nitrogens with zero attached hydrogens (tertiary/aromatic N) is 1. The second kappa shape index (κ2) is 6.80. The van der Waals surface area contributed by atoms with E-state index in [9.17, 15) is 0 Å². The molecule has 0 bridgehead atoms. The molecule has 2 fully saturated rings. The fourth-order valence-corrected chi connectivity index (χ4v) is 2.88. The first-order valence-corrected chi connectivity index (χ1v) is 6.32. The summed E-state index contributed by atoms with van der Waals surface area (Å²) < 4.78 is 5.75. The second-order valence-electron chi connectivity index (χ2n) is 5.19. The number of morpholine rings is 1. The fourth-order valence-electron chi connectivity index (χ4n) is 2.88. The van der Waals surface area contributed by atoms with E-state index in [1.807, 2.05) is 0 Å². The van der Waals surface area contributed by atoms with Crippen molar-refractivity contribution in [2.24, 2.45) is 5.92 Å². The molecule has 2 saturated heterocycles. The molecule has 1 N–H and O–H groups in total. The summed E-state index contributed by atoms with van der Waals surface area (Å²) in [6.45, 7) is 10.3. The van der Waals surface area contributed by atoms with Crippen LogP contribution in [0.2, 0.25) is 0 Å². The quantitative estimate of drug-likeness (QED) is 0.802. The van der Waals surface area contributed by atoms with Gasteiger partial charge in [-0.2, -0.15) is 0 Å². The Bertz CT molecular complexity index is 187. The highest BCUT2D eigenvalue weighted by atomic mass is 35.5. The molecule has 2 aliphatic heterocycles. The molecule has 16 heavy (non-hydrogen) atoms. The van der Waals surface area contributed by atoms with E-state index in [1.54, 1.807) is 0 Å². The Morgan fingerprint density at radius 2 is 1.94 bits per heavy atom. The summed E-state index contributed by atoms with van der Waals surface area (Å²) in [6, 6.07) is 0. The van der Waals surface area contributed by atoms with Crippen molar-refractivity contribution in [3.8, 4) is 0 Å². The Morgan fingerprint density at radius 1 is 1.25 bits per heavy atom. The molecule has 0 saturated carbocycles. The average molecular weight is 249 g/mol. The van der Waals surface area contributed by atoms with E-state index < -0.39 is 0 Å². The van der Waals surface area contributed by atoms with Crippen LogP contribution in [0.15, 0.2) is 0 Å². The molecule has 0 aromatic carbocycles. The Kier molecular flexibility index (Phi) is 6.05. The van der Waals surface area contributed by atoms with Gasteiger partial charge in [-0.15, -0.1) is 12.4 Å². The fraction of sp³-hybridized carbons (Fsp3) is 1.00. The highest BCUT2D eigenvalue weighted by molar-refractivity contribution is 5.85. The molecule has 3 nitrogen and oxygen atoms in total. The van der Waals surface area contributed by atoms with Gasteiger partial charge in [0.15, 0.2) is 0 Å². The molecule has 4 heteroatoms. The van der Waals surface area contributed by atoms with Gasteiger partial charge in [0, 0.05) is 19.6 Å². The minimum atomic E-state index is 0. The monoisotopic (exact) mass is 248 g/mol. The van der Waals surface area contributed by atoms with Crippen molar-refractivity contribution in [3.63, 3.8) is 0 Å². The number of hydrogen-bond acceptors (Lipinski definition) is 3. The van der Waals surface area contributed by atoms with Crippen LogP contribution in [0.5, 0.6) is 0 Å². The average Bonchev–Trinajstić information content (AvgIpc) is 2.17. The van der Waals surface area contributed by atoms with Crippen LogP contribution in [0.4, 0.5) is 0 Å². The van der Waals surface area contributed by atoms with Crippen LogP contribution in [0.25, 0.3) is 0 Å². The molecule has 96 valence electrons. The lowest BCUT2D eigenvalue weighted by Gasteiger charge is -2.38. The van der Waals surface area contributed by atoms with Gasteiger partial charge in [-0.25, -0.2) is 0 Å². The summed E-state index contributed by atoms with van der Waals surface area (Å²) in [7, 11) is 0. The number of piperidine rings is 1. The molecular weight excluding hydrogens is 224 g/mol. The maximum atomic E-state index is 5.75. The van der Waals surface area contributed by atoms with E-state index in [0.29, 0.717) is 12.2 Å². The van der Waals surface area contributed by atoms with Crippen molar-refractivity contribution in [1.82, 2.24) is 10.2 Å². The standard InChI is InChI=1S/C12H24N2O.ClH/c1-10-7-14(8-11(2)15-10)9-12-4-3-5-13-6-12;/h10-13H,3-9H2,1-2H3;1H/t10-,11+,12?;. The van der Waals surface area contributed by atoms with Gasteiger partial charge < -0.3 is 10.1 Å². The summed E-state index contributed by atoms with van der Waals surface area (Å²) in [5, 5.41) is 3.49. The zero-order chi connectivity index (χ0) is 10.7. The van der Waals surface area contributed by atoms with Gasteiger partial charge in [0.25, 0.3) is 0 Å². The Labute approximate surface area is 105 Å². The van der Waals surface area contributed by atoms with Crippen molar-refractivity contribution < 1.29 is 4.74 Å². The van der Waals surface area contributed by atoms with Crippen molar-refractivity contribution in [2.75, 3.05) is 32.7 Å².